The fourth-order valence-corrected chi connectivity index (χ4v) is 21.4. The Morgan fingerprint density at radius 3 is 1.15 bits per heavy atom. The van der Waals surface area contributed by atoms with Gasteiger partial charge in [0.25, 0.3) is 11.6 Å². The maximum atomic E-state index is 13.8. The second-order valence-electron chi connectivity index (χ2n) is 33.7. The first-order valence-electron chi connectivity index (χ1n) is 42.6. The zero-order chi connectivity index (χ0) is 90.4. The van der Waals surface area contributed by atoms with Crippen molar-refractivity contribution in [2.75, 3.05) is 146 Å². The van der Waals surface area contributed by atoms with Crippen molar-refractivity contribution < 1.29 is 204 Å². The van der Waals surface area contributed by atoms with Gasteiger partial charge in [0.2, 0.25) is 0 Å². The number of nitrogens with zero attached hydrogens (tertiary/aromatic N) is 14. The molecule has 134 heavy (non-hydrogen) atoms. The van der Waals surface area contributed by atoms with Gasteiger partial charge in [-0.25, -0.2) is 22.7 Å². The second kappa shape index (κ2) is 49.0. The van der Waals surface area contributed by atoms with Crippen LogP contribution in [-0.4, -0.2) is 155 Å². The first kappa shape index (κ1) is 110. The van der Waals surface area contributed by atoms with Gasteiger partial charge in [0.05, 0.1) is 204 Å². The summed E-state index contributed by atoms with van der Waals surface area (Å²) >= 11 is 8.70. The molecule has 32 heteroatoms. The van der Waals surface area contributed by atoms with Crippen molar-refractivity contribution in [1.29, 1.82) is 0 Å². The van der Waals surface area contributed by atoms with Crippen molar-refractivity contribution in [3.8, 4) is 57.3 Å². The number of methoxy groups -OCH3 is 6. The van der Waals surface area contributed by atoms with Crippen LogP contribution in [0.15, 0.2) is 239 Å². The van der Waals surface area contributed by atoms with Crippen molar-refractivity contribution in [2.24, 2.45) is 28.2 Å². The van der Waals surface area contributed by atoms with E-state index in [1.54, 1.807) is 107 Å². The number of rotatable bonds is 22. The molecule has 9 heterocycles. The third-order valence-electron chi connectivity index (χ3n) is 23.2. The van der Waals surface area contributed by atoms with Crippen LogP contribution in [-0.2, 0) is 41.0 Å². The quantitative estimate of drug-likeness (QED) is 0.0424. The molecule has 4 aliphatic rings. The van der Waals surface area contributed by atoms with E-state index in [1.165, 1.54) is 65.9 Å². The Balaban J connectivity index is 0.000000198. The topological polar surface area (TPSA) is 135 Å². The van der Waals surface area contributed by atoms with Gasteiger partial charge in [-0.15, -0.1) is 11.3 Å². The van der Waals surface area contributed by atoms with E-state index in [-0.39, 0.29) is 150 Å². The summed E-state index contributed by atoms with van der Waals surface area (Å²) in [6.45, 7) is 2.30. The monoisotopic (exact) mass is 2570 g/mol. The molecule has 706 valence electrons. The number of quaternary nitrogens is 2. The first-order chi connectivity index (χ1) is 61.7. The van der Waals surface area contributed by atoms with Gasteiger partial charge in [0, 0.05) is 84.2 Å². The van der Waals surface area contributed by atoms with Gasteiger partial charge < -0.3 is 201 Å². The van der Waals surface area contributed by atoms with Crippen LogP contribution >= 0.6 is 58.4 Å². The Hall–Kier alpha value is -7.37. The van der Waals surface area contributed by atoms with Gasteiger partial charge in [-0.3, -0.25) is 0 Å². The molecular weight excluding hydrogens is 2460 g/mol. The van der Waals surface area contributed by atoms with Crippen LogP contribution in [0.25, 0.3) is 90.0 Å². The maximum Gasteiger partial charge on any atom is 0.331 e. The number of halogens is 7. The third-order valence-corrected chi connectivity index (χ3v) is 28.8. The largest absolute Gasteiger partial charge is 1.00 e. The number of hydrogen-bond acceptors (Lipinski definition) is 19. The molecule has 0 N–H and O–H groups in total. The first-order valence-corrected chi connectivity index (χ1v) is 46.7. The average molecular weight is 2570 g/mol. The van der Waals surface area contributed by atoms with Crippen LogP contribution in [0.1, 0.15) is 60.1 Å². The molecule has 9 aromatic carbocycles. The predicted octanol–water partition coefficient (Wildman–Crippen LogP) is 2.07. The summed E-state index contributed by atoms with van der Waals surface area (Å²) in [5.41, 5.74) is 14.7. The number of benzene rings is 9. The third kappa shape index (κ3) is 24.7. The molecule has 0 unspecified atom stereocenters. The van der Waals surface area contributed by atoms with Crippen LogP contribution in [0.5, 0.6) is 34.5 Å². The minimum absolute atomic E-state index is 0. The molecule has 0 radical (unpaired) electrons. The molecule has 4 aliphatic heterocycles. The summed E-state index contributed by atoms with van der Waals surface area (Å²) in [5.74, 6) is 7.88. The van der Waals surface area contributed by atoms with Crippen molar-refractivity contribution in [3.63, 3.8) is 0 Å². The lowest BCUT2D eigenvalue weighted by molar-refractivity contribution is -0.870. The standard InChI is InChI=1S/2C27H36N4O2S.C26H23FN3O2S.C22H18N3S2.6HI/c1-29-21-15-16-22(32-6)27(33-7)26(21)19(28-24(29)14-10-11-17-31(3,4)5)18-25-30(2)20-12-8-9-13-23(20)34-25;1-29-22-18-24(33-7)23(32-6)16-19(22)20(28-26(29)14-10-11-15-31(3,4)5)17-27-30(2)21-12-8-9-13-25(21)34-27;1-29-21-12-17(27)10-11-24(21)33-25(29)14-19-18-13-22(31-3)23(32-4)15-20(18)30(2)26(28-19)16-8-6-5-7-9-16;1-24-17-10-6-7-11-19(17)27-20(24)14-16-21-18(12-13-26-21)25(2)22(23-16)15-8-4-3-5-9-15;;;;;;/h8-9,12-13,15-16,18H,10-11,14,17H2,1-7H3;8-9,12-13,16-18H,10-11,14-15H2,1-7H3;5-15H,1-4H3;3-14H,1-2H3;6*1H/q2*+2;2*+1;;;;;;/p-6. The Kier molecular flexibility index (Phi) is 40.3. The van der Waals surface area contributed by atoms with Crippen molar-refractivity contribution in [3.05, 3.63) is 260 Å². The highest BCUT2D eigenvalue weighted by Crippen LogP contribution is 2.51. The zero-order valence-electron chi connectivity index (χ0n) is 78.9. The molecule has 0 saturated heterocycles. The smallest absolute Gasteiger partial charge is 0.331 e. The molecule has 0 fully saturated rings. The fraction of sp³-hybridized carbons (Fsp3) is 0.275. The van der Waals surface area contributed by atoms with Crippen LogP contribution in [0.3, 0.4) is 0 Å². The lowest BCUT2D eigenvalue weighted by atomic mass is 10.1. The molecule has 0 atom stereocenters. The van der Waals surface area contributed by atoms with E-state index in [4.69, 9.17) is 48.4 Å². The van der Waals surface area contributed by atoms with Crippen LogP contribution in [0.4, 0.5) is 27.1 Å². The number of hydrogen-bond donors (Lipinski definition) is 0. The minimum Gasteiger partial charge on any atom is -1.00 e. The van der Waals surface area contributed by atoms with E-state index in [0.717, 1.165) is 175 Å². The maximum absolute atomic E-state index is 13.8. The minimum atomic E-state index is -0.249. The normalized spacial score (nSPS) is 13.9. The summed E-state index contributed by atoms with van der Waals surface area (Å²) in [7, 11) is 40.0. The highest BCUT2D eigenvalue weighted by molar-refractivity contribution is 8.04. The molecule has 0 amide bonds. The molecule has 0 aliphatic carbocycles. The molecule has 18 rings (SSSR count). The average Bonchev–Trinajstić information content (AvgIpc) is 1.48. The number of aromatic nitrogens is 8. The Labute approximate surface area is 910 Å². The lowest BCUT2D eigenvalue weighted by Crippen LogP contribution is -3.00. The number of para-hydroxylation sites is 3. The molecular formula is C102H113FI6N14O6S5. The number of ether oxygens (including phenoxy) is 6. The molecule has 0 spiro atoms. The lowest BCUT2D eigenvalue weighted by Gasteiger charge is -2.23. The molecule has 5 aromatic heterocycles. The van der Waals surface area contributed by atoms with Gasteiger partial charge >= 0.3 is 11.6 Å². The number of thiophene rings is 1. The van der Waals surface area contributed by atoms with E-state index >= 15 is 0 Å². The van der Waals surface area contributed by atoms with Gasteiger partial charge in [0.1, 0.15) is 38.0 Å². The van der Waals surface area contributed by atoms with Crippen LogP contribution < -0.4 is 210 Å². The number of aryl methyl sites for hydroxylation is 6. The van der Waals surface area contributed by atoms with E-state index < -0.39 is 0 Å². The highest BCUT2D eigenvalue weighted by atomic mass is 127. The highest BCUT2D eigenvalue weighted by Gasteiger charge is 2.34. The Morgan fingerprint density at radius 2 is 0.716 bits per heavy atom. The Bertz CT molecular complexity index is 6640. The summed E-state index contributed by atoms with van der Waals surface area (Å²) in [6.07, 6.45) is 15.0. The van der Waals surface area contributed by atoms with Crippen molar-refractivity contribution in [2.45, 2.75) is 58.1 Å². The number of unbranched alkanes of at least 4 members (excludes halogenated alkanes) is 2. The summed E-state index contributed by atoms with van der Waals surface area (Å²) < 4.78 is 59.5. The fourth-order valence-electron chi connectivity index (χ4n) is 16.2. The van der Waals surface area contributed by atoms with Gasteiger partial charge in [0.15, 0.2) is 57.3 Å². The van der Waals surface area contributed by atoms with Crippen molar-refractivity contribution >= 4 is 148 Å². The predicted molar refractivity (Wildman–Crippen MR) is 526 cm³/mol. The zero-order valence-corrected chi connectivity index (χ0v) is 95.9. The number of fused-ring (bicyclic) bond motifs is 8. The molecule has 14 aromatic rings. The summed E-state index contributed by atoms with van der Waals surface area (Å²) in [6, 6.07) is 65.1. The van der Waals surface area contributed by atoms with E-state index in [0.29, 0.717) is 23.0 Å². The Morgan fingerprint density at radius 1 is 0.351 bits per heavy atom. The van der Waals surface area contributed by atoms with Gasteiger partial charge in [-0.2, -0.15) is 0 Å². The van der Waals surface area contributed by atoms with Crippen molar-refractivity contribution in [1.82, 2.24) is 19.9 Å². The SMILES string of the molecule is CN1C(=Cc2nc(-c3ccccc3)[n+](C)c3ccsc23)Sc2ccccc21.COc1cc2c(C=C3Sc4ccc(F)cc4N3C)nc(-c3ccccc3)[n+](C)c2cc1OC.COc1cc2c(C=C3Sc4ccccc4N3C)nc(CCCC[N+](C)(C)C)[n+](C)c2cc1OC.COc1ccc2c(c(C=C3Sc4ccccc4N3C)nc(CCCC[N+](C)(C)C)[n+]2C)c1OC.[I-].[I-].[I-].[I-].[I-].[I-]. The summed E-state index contributed by atoms with van der Waals surface area (Å²) in [5, 5.41) is 9.56. The number of anilines is 4. The molecule has 20 nitrogen and oxygen atoms in total. The van der Waals surface area contributed by atoms with Crippen LogP contribution in [0, 0.1) is 5.82 Å². The van der Waals surface area contributed by atoms with Gasteiger partial charge in [-0.1, -0.05) is 120 Å². The van der Waals surface area contributed by atoms with Gasteiger partial charge in [-0.05, 0) is 160 Å². The van der Waals surface area contributed by atoms with Crippen LogP contribution in [0.2, 0.25) is 0 Å². The number of thioether (sulfide) groups is 4. The van der Waals surface area contributed by atoms with E-state index in [1.807, 2.05) is 91.8 Å². The molecule has 0 bridgehead atoms. The second-order valence-corrected chi connectivity index (χ2v) is 38.9. The van der Waals surface area contributed by atoms with E-state index in [2.05, 4.69) is 256 Å². The van der Waals surface area contributed by atoms with E-state index in [9.17, 15) is 4.39 Å². The molecule has 0 saturated carbocycles. The summed E-state index contributed by atoms with van der Waals surface area (Å²) in [4.78, 5) is 34.0.